The molecule has 7 heteroatoms. The zero-order chi connectivity index (χ0) is 12.3. The number of hydrogen-bond acceptors (Lipinski definition) is 7. The first kappa shape index (κ1) is 11.5. The van der Waals surface area contributed by atoms with Crippen LogP contribution in [0.5, 0.6) is 0 Å². The Morgan fingerprint density at radius 3 is 2.94 bits per heavy atom. The number of aromatic nitrogens is 4. The summed E-state index contributed by atoms with van der Waals surface area (Å²) in [5.41, 5.74) is 6.47. The van der Waals surface area contributed by atoms with Crippen molar-refractivity contribution in [3.63, 3.8) is 0 Å². The van der Waals surface area contributed by atoms with E-state index in [1.807, 2.05) is 13.0 Å². The van der Waals surface area contributed by atoms with E-state index in [1.54, 1.807) is 13.1 Å². The lowest BCUT2D eigenvalue weighted by atomic mass is 10.4. The zero-order valence-corrected chi connectivity index (χ0v) is 9.71. The number of nitrogens with one attached hydrogen (secondary N) is 1. The molecule has 2 aromatic rings. The van der Waals surface area contributed by atoms with E-state index in [4.69, 9.17) is 10.2 Å². The van der Waals surface area contributed by atoms with Crippen LogP contribution in [-0.2, 0) is 6.54 Å². The molecular formula is C10H14N6O. The first-order valence-electron chi connectivity index (χ1n) is 5.26. The second-order valence-corrected chi connectivity index (χ2v) is 3.68. The molecule has 0 saturated heterocycles. The Labute approximate surface area is 98.5 Å². The van der Waals surface area contributed by atoms with Crippen molar-refractivity contribution in [2.24, 2.45) is 5.73 Å². The quantitative estimate of drug-likeness (QED) is 0.806. The van der Waals surface area contributed by atoms with Crippen LogP contribution in [0, 0.1) is 6.92 Å². The molecule has 0 bridgehead atoms. The molecule has 0 spiro atoms. The average molecular weight is 234 g/mol. The fourth-order valence-corrected chi connectivity index (χ4v) is 1.26. The molecule has 2 aromatic heterocycles. The Balaban J connectivity index is 1.97. The van der Waals surface area contributed by atoms with Gasteiger partial charge < -0.3 is 15.5 Å². The minimum atomic E-state index is -0.264. The lowest BCUT2D eigenvalue weighted by Crippen LogP contribution is -2.05. The van der Waals surface area contributed by atoms with Gasteiger partial charge in [0.15, 0.2) is 0 Å². The van der Waals surface area contributed by atoms with Crippen molar-refractivity contribution in [2.75, 3.05) is 5.32 Å². The van der Waals surface area contributed by atoms with Gasteiger partial charge in [0.25, 0.3) is 0 Å². The molecule has 0 aromatic carbocycles. The highest BCUT2D eigenvalue weighted by atomic mass is 16.4. The summed E-state index contributed by atoms with van der Waals surface area (Å²) < 4.78 is 5.30. The highest BCUT2D eigenvalue weighted by Crippen LogP contribution is 2.11. The third-order valence-electron chi connectivity index (χ3n) is 2.08. The smallest absolute Gasteiger partial charge is 0.315 e. The summed E-state index contributed by atoms with van der Waals surface area (Å²) in [6.45, 7) is 4.12. The third-order valence-corrected chi connectivity index (χ3v) is 2.08. The standard InChI is InChI=1S/C10H14N6O/c1-6(11)9-15-16-10(17-9)13-5-8-3-4-12-7(2)14-8/h3-4,6H,5,11H2,1-2H3,(H,13,16). The second-order valence-electron chi connectivity index (χ2n) is 3.68. The molecule has 7 nitrogen and oxygen atoms in total. The van der Waals surface area contributed by atoms with Crippen LogP contribution in [0.2, 0.25) is 0 Å². The fourth-order valence-electron chi connectivity index (χ4n) is 1.26. The van der Waals surface area contributed by atoms with Gasteiger partial charge in [0, 0.05) is 6.20 Å². The van der Waals surface area contributed by atoms with E-state index in [0.29, 0.717) is 18.5 Å². The van der Waals surface area contributed by atoms with Crippen molar-refractivity contribution >= 4 is 6.01 Å². The zero-order valence-electron chi connectivity index (χ0n) is 9.71. The van der Waals surface area contributed by atoms with E-state index in [-0.39, 0.29) is 6.04 Å². The number of aryl methyl sites for hydroxylation is 1. The number of rotatable bonds is 4. The van der Waals surface area contributed by atoms with Crippen LogP contribution in [-0.4, -0.2) is 20.2 Å². The monoisotopic (exact) mass is 234 g/mol. The van der Waals surface area contributed by atoms with Gasteiger partial charge in [0.1, 0.15) is 5.82 Å². The number of hydrogen-bond donors (Lipinski definition) is 2. The second kappa shape index (κ2) is 4.88. The highest BCUT2D eigenvalue weighted by Gasteiger charge is 2.09. The Bertz CT molecular complexity index is 495. The van der Waals surface area contributed by atoms with Crippen LogP contribution in [0.1, 0.15) is 30.4 Å². The lowest BCUT2D eigenvalue weighted by molar-refractivity contribution is 0.472. The van der Waals surface area contributed by atoms with Crippen LogP contribution >= 0.6 is 0 Å². The molecule has 90 valence electrons. The van der Waals surface area contributed by atoms with Gasteiger partial charge in [-0.1, -0.05) is 5.10 Å². The fraction of sp³-hybridized carbons (Fsp3) is 0.400. The first-order chi connectivity index (χ1) is 8.15. The Kier molecular flexibility index (Phi) is 3.29. The number of anilines is 1. The van der Waals surface area contributed by atoms with Crippen LogP contribution in [0.25, 0.3) is 0 Å². The predicted octanol–water partition coefficient (Wildman–Crippen LogP) is 0.800. The first-order valence-corrected chi connectivity index (χ1v) is 5.26. The van der Waals surface area contributed by atoms with E-state index in [2.05, 4.69) is 25.5 Å². The van der Waals surface area contributed by atoms with Gasteiger partial charge in [-0.15, -0.1) is 5.10 Å². The molecule has 0 aliphatic rings. The molecule has 1 unspecified atom stereocenters. The maximum atomic E-state index is 5.61. The van der Waals surface area contributed by atoms with E-state index in [1.165, 1.54) is 0 Å². The highest BCUT2D eigenvalue weighted by molar-refractivity contribution is 5.19. The average Bonchev–Trinajstić information content (AvgIpc) is 2.75. The summed E-state index contributed by atoms with van der Waals surface area (Å²) in [4.78, 5) is 8.26. The minimum Gasteiger partial charge on any atom is -0.406 e. The molecule has 17 heavy (non-hydrogen) atoms. The van der Waals surface area contributed by atoms with Crippen LogP contribution in [0.4, 0.5) is 6.01 Å². The number of nitrogens with two attached hydrogens (primary N) is 1. The molecule has 3 N–H and O–H groups in total. The van der Waals surface area contributed by atoms with Crippen LogP contribution in [0.3, 0.4) is 0 Å². The van der Waals surface area contributed by atoms with Crippen molar-refractivity contribution < 1.29 is 4.42 Å². The summed E-state index contributed by atoms with van der Waals surface area (Å²) in [6, 6.07) is 1.90. The van der Waals surface area contributed by atoms with Gasteiger partial charge in [-0.2, -0.15) is 0 Å². The SMILES string of the molecule is Cc1nccc(CNc2nnc(C(C)N)o2)n1. The molecule has 0 radical (unpaired) electrons. The molecule has 0 aliphatic heterocycles. The molecule has 0 saturated carbocycles. The van der Waals surface area contributed by atoms with Gasteiger partial charge in [-0.3, -0.25) is 0 Å². The van der Waals surface area contributed by atoms with E-state index >= 15 is 0 Å². The Morgan fingerprint density at radius 2 is 2.29 bits per heavy atom. The summed E-state index contributed by atoms with van der Waals surface area (Å²) in [5.74, 6) is 1.14. The molecule has 0 amide bonds. The minimum absolute atomic E-state index is 0.264. The molecule has 0 fully saturated rings. The largest absolute Gasteiger partial charge is 0.406 e. The number of nitrogens with zero attached hydrogens (tertiary/aromatic N) is 4. The van der Waals surface area contributed by atoms with Gasteiger partial charge in [0.2, 0.25) is 5.89 Å². The van der Waals surface area contributed by atoms with E-state index in [0.717, 1.165) is 11.5 Å². The van der Waals surface area contributed by atoms with Crippen LogP contribution < -0.4 is 11.1 Å². The van der Waals surface area contributed by atoms with Gasteiger partial charge in [0.05, 0.1) is 18.3 Å². The van der Waals surface area contributed by atoms with E-state index in [9.17, 15) is 0 Å². The summed E-state index contributed by atoms with van der Waals surface area (Å²) in [6.07, 6.45) is 1.71. The van der Waals surface area contributed by atoms with E-state index < -0.39 is 0 Å². The lowest BCUT2D eigenvalue weighted by Gasteiger charge is -2.01. The molecule has 0 aliphatic carbocycles. The molecular weight excluding hydrogens is 220 g/mol. The third kappa shape index (κ3) is 2.97. The van der Waals surface area contributed by atoms with Gasteiger partial charge >= 0.3 is 6.01 Å². The normalized spacial score (nSPS) is 12.4. The van der Waals surface area contributed by atoms with Crippen molar-refractivity contribution in [1.82, 2.24) is 20.2 Å². The molecule has 2 heterocycles. The van der Waals surface area contributed by atoms with Gasteiger partial charge in [-0.05, 0) is 19.9 Å². The Morgan fingerprint density at radius 1 is 1.47 bits per heavy atom. The van der Waals surface area contributed by atoms with Gasteiger partial charge in [-0.25, -0.2) is 9.97 Å². The molecule has 1 atom stereocenters. The van der Waals surface area contributed by atoms with Crippen molar-refractivity contribution in [3.05, 3.63) is 29.7 Å². The Hall–Kier alpha value is -2.02. The summed E-state index contributed by atoms with van der Waals surface area (Å²) in [5, 5.41) is 10.6. The maximum absolute atomic E-state index is 5.61. The van der Waals surface area contributed by atoms with Crippen molar-refractivity contribution in [3.8, 4) is 0 Å². The van der Waals surface area contributed by atoms with Crippen molar-refractivity contribution in [2.45, 2.75) is 26.4 Å². The molecule has 2 rings (SSSR count). The predicted molar refractivity (Wildman–Crippen MR) is 61.0 cm³/mol. The van der Waals surface area contributed by atoms with Crippen LogP contribution in [0.15, 0.2) is 16.7 Å². The maximum Gasteiger partial charge on any atom is 0.315 e. The summed E-state index contributed by atoms with van der Waals surface area (Å²) >= 11 is 0. The van der Waals surface area contributed by atoms with Crippen molar-refractivity contribution in [1.29, 1.82) is 0 Å². The topological polar surface area (TPSA) is 103 Å². The summed E-state index contributed by atoms with van der Waals surface area (Å²) in [7, 11) is 0.